The minimum atomic E-state index is 0.00763. The van der Waals surface area contributed by atoms with Gasteiger partial charge in [0.1, 0.15) is 0 Å². The maximum absolute atomic E-state index is 12.4. The molecule has 0 atom stereocenters. The highest BCUT2D eigenvalue weighted by atomic mass is 32.1. The lowest BCUT2D eigenvalue weighted by Crippen LogP contribution is -2.47. The van der Waals surface area contributed by atoms with Crippen LogP contribution in [-0.2, 0) is 0 Å². The fourth-order valence-electron chi connectivity index (χ4n) is 3.36. The number of amides is 1. The van der Waals surface area contributed by atoms with E-state index in [4.69, 9.17) is 12.2 Å². The van der Waals surface area contributed by atoms with Crippen molar-refractivity contribution in [1.82, 2.24) is 10.2 Å². The van der Waals surface area contributed by atoms with E-state index in [-0.39, 0.29) is 11.9 Å². The van der Waals surface area contributed by atoms with Crippen LogP contribution in [0.15, 0.2) is 42.5 Å². The van der Waals surface area contributed by atoms with Crippen molar-refractivity contribution < 1.29 is 4.79 Å². The Morgan fingerprint density at radius 2 is 1.78 bits per heavy atom. The molecular formula is C22H27N3OS. The molecule has 1 saturated heterocycles. The van der Waals surface area contributed by atoms with Gasteiger partial charge in [-0.1, -0.05) is 29.8 Å². The largest absolute Gasteiger partial charge is 0.349 e. The predicted molar refractivity (Wildman–Crippen MR) is 115 cm³/mol. The summed E-state index contributed by atoms with van der Waals surface area (Å²) in [6.07, 6.45) is 1.79. The molecule has 27 heavy (non-hydrogen) atoms. The summed E-state index contributed by atoms with van der Waals surface area (Å²) in [6, 6.07) is 14.1. The second-order valence-electron chi connectivity index (χ2n) is 7.28. The van der Waals surface area contributed by atoms with Gasteiger partial charge in [0.25, 0.3) is 5.91 Å². The van der Waals surface area contributed by atoms with E-state index in [9.17, 15) is 4.79 Å². The van der Waals surface area contributed by atoms with Crippen molar-refractivity contribution in [3.63, 3.8) is 0 Å². The van der Waals surface area contributed by atoms with Gasteiger partial charge in [-0.05, 0) is 75.2 Å². The van der Waals surface area contributed by atoms with Gasteiger partial charge < -0.3 is 15.5 Å². The third kappa shape index (κ3) is 4.86. The number of carbonyl (C=O) groups is 1. The number of thiocarbonyl (C=S) groups is 1. The Morgan fingerprint density at radius 3 is 2.48 bits per heavy atom. The lowest BCUT2D eigenvalue weighted by atomic mass is 10.0. The Hall–Kier alpha value is -2.40. The van der Waals surface area contributed by atoms with Crippen LogP contribution in [0.3, 0.4) is 0 Å². The molecule has 1 heterocycles. The Bertz CT molecular complexity index is 841. The topological polar surface area (TPSA) is 44.4 Å². The van der Waals surface area contributed by atoms with Crippen LogP contribution in [0.4, 0.5) is 5.69 Å². The number of hydrogen-bond donors (Lipinski definition) is 2. The number of benzene rings is 2. The highest BCUT2D eigenvalue weighted by Crippen LogP contribution is 2.20. The number of hydrogen-bond acceptors (Lipinski definition) is 2. The van der Waals surface area contributed by atoms with Gasteiger partial charge in [-0.25, -0.2) is 0 Å². The van der Waals surface area contributed by atoms with E-state index >= 15 is 0 Å². The van der Waals surface area contributed by atoms with Crippen LogP contribution in [0.25, 0.3) is 0 Å². The number of rotatable bonds is 3. The first kappa shape index (κ1) is 19.4. The number of carbonyl (C=O) groups excluding carboxylic acids is 1. The number of anilines is 1. The van der Waals surface area contributed by atoms with E-state index in [2.05, 4.69) is 41.5 Å². The summed E-state index contributed by atoms with van der Waals surface area (Å²) in [5.41, 5.74) is 5.36. The fraction of sp³-hybridized carbons (Fsp3) is 0.364. The van der Waals surface area contributed by atoms with Gasteiger partial charge in [-0.3, -0.25) is 4.79 Å². The van der Waals surface area contributed by atoms with E-state index in [0.29, 0.717) is 0 Å². The molecule has 0 bridgehead atoms. The number of piperidine rings is 1. The van der Waals surface area contributed by atoms with Gasteiger partial charge in [0.15, 0.2) is 5.11 Å². The molecule has 2 aromatic carbocycles. The fourth-order valence-corrected chi connectivity index (χ4v) is 3.66. The number of nitrogens with one attached hydrogen (secondary N) is 2. The van der Waals surface area contributed by atoms with Gasteiger partial charge in [0, 0.05) is 30.4 Å². The summed E-state index contributed by atoms with van der Waals surface area (Å²) in [5.74, 6) is 0.00763. The number of nitrogens with zero attached hydrogens (tertiary/aromatic N) is 1. The van der Waals surface area contributed by atoms with Gasteiger partial charge in [0.05, 0.1) is 0 Å². The molecule has 3 rings (SSSR count). The Labute approximate surface area is 167 Å². The minimum absolute atomic E-state index is 0.00763. The first-order chi connectivity index (χ1) is 12.9. The zero-order chi connectivity index (χ0) is 19.4. The average molecular weight is 382 g/mol. The second-order valence-corrected chi connectivity index (χ2v) is 7.67. The van der Waals surface area contributed by atoms with Gasteiger partial charge in [-0.2, -0.15) is 0 Å². The average Bonchev–Trinajstić information content (AvgIpc) is 2.66. The quantitative estimate of drug-likeness (QED) is 0.782. The third-order valence-corrected chi connectivity index (χ3v) is 5.60. The van der Waals surface area contributed by atoms with E-state index in [0.717, 1.165) is 47.9 Å². The Morgan fingerprint density at radius 1 is 1.07 bits per heavy atom. The van der Waals surface area contributed by atoms with Gasteiger partial charge in [-0.15, -0.1) is 0 Å². The minimum Gasteiger partial charge on any atom is -0.349 e. The molecule has 0 spiro atoms. The van der Waals surface area contributed by atoms with E-state index in [1.165, 1.54) is 11.1 Å². The van der Waals surface area contributed by atoms with E-state index in [1.54, 1.807) is 0 Å². The number of likely N-dealkylation sites (tertiary alicyclic amines) is 1. The van der Waals surface area contributed by atoms with E-state index < -0.39 is 0 Å². The second kappa shape index (κ2) is 8.53. The zero-order valence-corrected chi connectivity index (χ0v) is 17.0. The summed E-state index contributed by atoms with van der Waals surface area (Å²) in [6.45, 7) is 7.89. The number of aryl methyl sites for hydroxylation is 2. The van der Waals surface area contributed by atoms with Gasteiger partial charge in [0.2, 0.25) is 0 Å². The van der Waals surface area contributed by atoms with E-state index in [1.807, 2.05) is 37.3 Å². The monoisotopic (exact) mass is 381 g/mol. The summed E-state index contributed by atoms with van der Waals surface area (Å²) in [7, 11) is 0. The van der Waals surface area contributed by atoms with Crippen LogP contribution in [0, 0.1) is 20.8 Å². The molecule has 142 valence electrons. The first-order valence-electron chi connectivity index (χ1n) is 9.43. The third-order valence-electron chi connectivity index (χ3n) is 5.24. The molecule has 1 aliphatic heterocycles. The molecular weight excluding hydrogens is 354 g/mol. The molecule has 4 nitrogen and oxygen atoms in total. The molecule has 2 aromatic rings. The van der Waals surface area contributed by atoms with Crippen LogP contribution in [0.5, 0.6) is 0 Å². The molecule has 0 unspecified atom stereocenters. The molecule has 2 N–H and O–H groups in total. The van der Waals surface area contributed by atoms with Gasteiger partial charge >= 0.3 is 0 Å². The maximum Gasteiger partial charge on any atom is 0.251 e. The highest BCUT2D eigenvalue weighted by Gasteiger charge is 2.23. The van der Waals surface area contributed by atoms with Crippen LogP contribution < -0.4 is 10.6 Å². The highest BCUT2D eigenvalue weighted by molar-refractivity contribution is 7.80. The van der Waals surface area contributed by atoms with Crippen molar-refractivity contribution in [1.29, 1.82) is 0 Å². The van der Waals surface area contributed by atoms with Crippen molar-refractivity contribution in [2.24, 2.45) is 0 Å². The molecule has 1 amide bonds. The SMILES string of the molecule is Cc1cccc(C(=O)NC2CCN(C(=S)Nc3cccc(C)c3C)CC2)c1. The van der Waals surface area contributed by atoms with Crippen LogP contribution in [0.1, 0.15) is 39.9 Å². The van der Waals surface area contributed by atoms with Crippen LogP contribution >= 0.6 is 12.2 Å². The molecule has 0 radical (unpaired) electrons. The first-order valence-corrected chi connectivity index (χ1v) is 9.84. The molecule has 0 aromatic heterocycles. The van der Waals surface area contributed by atoms with Crippen molar-refractivity contribution in [3.8, 4) is 0 Å². The van der Waals surface area contributed by atoms with Crippen molar-refractivity contribution >= 4 is 28.9 Å². The lowest BCUT2D eigenvalue weighted by Gasteiger charge is -2.34. The summed E-state index contributed by atoms with van der Waals surface area (Å²) < 4.78 is 0. The maximum atomic E-state index is 12.4. The zero-order valence-electron chi connectivity index (χ0n) is 16.2. The van der Waals surface area contributed by atoms with Crippen molar-refractivity contribution in [3.05, 3.63) is 64.7 Å². The van der Waals surface area contributed by atoms with Crippen LogP contribution in [-0.4, -0.2) is 35.1 Å². The van der Waals surface area contributed by atoms with Crippen molar-refractivity contribution in [2.45, 2.75) is 39.7 Å². The lowest BCUT2D eigenvalue weighted by molar-refractivity contribution is 0.0922. The summed E-state index contributed by atoms with van der Waals surface area (Å²) in [4.78, 5) is 14.6. The normalized spacial score (nSPS) is 14.7. The molecule has 0 aliphatic carbocycles. The summed E-state index contributed by atoms with van der Waals surface area (Å²) >= 11 is 5.60. The molecule has 5 heteroatoms. The predicted octanol–water partition coefficient (Wildman–Crippen LogP) is 4.20. The Kier molecular flexibility index (Phi) is 6.11. The Balaban J connectivity index is 1.52. The van der Waals surface area contributed by atoms with Crippen molar-refractivity contribution in [2.75, 3.05) is 18.4 Å². The standard InChI is InChI=1S/C22H27N3OS/c1-15-6-4-8-18(14-15)21(26)23-19-10-12-25(13-11-19)22(27)24-20-9-5-7-16(2)17(20)3/h4-9,14,19H,10-13H2,1-3H3,(H,23,26)(H,24,27). The molecule has 0 saturated carbocycles. The summed E-state index contributed by atoms with van der Waals surface area (Å²) in [5, 5.41) is 7.29. The molecule has 1 fully saturated rings. The van der Waals surface area contributed by atoms with Crippen LogP contribution in [0.2, 0.25) is 0 Å². The smallest absolute Gasteiger partial charge is 0.251 e. The molecule has 1 aliphatic rings.